The zero-order valence-electron chi connectivity index (χ0n) is 12.6. The lowest BCUT2D eigenvalue weighted by molar-refractivity contribution is -0.122. The van der Waals surface area contributed by atoms with Crippen molar-refractivity contribution in [3.05, 3.63) is 33.8 Å². The van der Waals surface area contributed by atoms with Crippen molar-refractivity contribution >= 4 is 41.5 Å². The molecule has 21 heavy (non-hydrogen) atoms. The maximum absolute atomic E-state index is 12.1. The largest absolute Gasteiger partial charge is 0.349 e. The number of hydrogen-bond donors (Lipinski definition) is 2. The molecule has 0 aliphatic rings. The summed E-state index contributed by atoms with van der Waals surface area (Å²) in [6.45, 7) is 6.61. The van der Waals surface area contributed by atoms with E-state index in [2.05, 4.69) is 19.2 Å². The summed E-state index contributed by atoms with van der Waals surface area (Å²) in [5.41, 5.74) is 6.25. The van der Waals surface area contributed by atoms with Gasteiger partial charge in [-0.25, -0.2) is 0 Å². The van der Waals surface area contributed by atoms with Crippen molar-refractivity contribution < 1.29 is 4.79 Å². The van der Waals surface area contributed by atoms with E-state index < -0.39 is 0 Å². The molecular weight excluding hydrogens is 331 g/mol. The Bertz CT molecular complexity index is 480. The molecule has 0 aliphatic carbocycles. The zero-order valence-corrected chi connectivity index (χ0v) is 14.9. The molecule has 0 aromatic heterocycles. The van der Waals surface area contributed by atoms with Gasteiger partial charge in [0, 0.05) is 12.1 Å². The highest BCUT2D eigenvalue weighted by Crippen LogP contribution is 2.23. The van der Waals surface area contributed by atoms with E-state index in [9.17, 15) is 4.79 Å². The van der Waals surface area contributed by atoms with Gasteiger partial charge < -0.3 is 11.1 Å². The standard InChI is InChI=1S/C15H22Cl2N2O.ClH/c1-10(2)8-15(3,9-18)19-14(20)7-11-4-5-12(16)13(17)6-11;/h4-6,10H,7-9,18H2,1-3H3,(H,19,20);1H. The molecule has 1 aromatic rings. The molecule has 0 radical (unpaired) electrons. The van der Waals surface area contributed by atoms with E-state index in [1.54, 1.807) is 18.2 Å². The summed E-state index contributed by atoms with van der Waals surface area (Å²) < 4.78 is 0. The van der Waals surface area contributed by atoms with Crippen molar-refractivity contribution in [2.75, 3.05) is 6.54 Å². The molecule has 1 amide bonds. The Morgan fingerprint density at radius 3 is 2.43 bits per heavy atom. The Labute approximate surface area is 143 Å². The van der Waals surface area contributed by atoms with E-state index >= 15 is 0 Å². The van der Waals surface area contributed by atoms with Gasteiger partial charge in [-0.15, -0.1) is 12.4 Å². The van der Waals surface area contributed by atoms with E-state index in [-0.39, 0.29) is 30.3 Å². The number of halogens is 3. The van der Waals surface area contributed by atoms with Crippen LogP contribution in [0.4, 0.5) is 0 Å². The minimum absolute atomic E-state index is 0. The lowest BCUT2D eigenvalue weighted by atomic mass is 9.90. The van der Waals surface area contributed by atoms with Gasteiger partial charge in [0.2, 0.25) is 5.91 Å². The van der Waals surface area contributed by atoms with Crippen molar-refractivity contribution in [1.29, 1.82) is 0 Å². The molecule has 1 unspecified atom stereocenters. The molecule has 0 bridgehead atoms. The molecule has 1 rings (SSSR count). The number of amides is 1. The second-order valence-electron chi connectivity index (χ2n) is 5.84. The van der Waals surface area contributed by atoms with Crippen LogP contribution < -0.4 is 11.1 Å². The number of nitrogens with two attached hydrogens (primary N) is 1. The van der Waals surface area contributed by atoms with Gasteiger partial charge in [0.1, 0.15) is 0 Å². The van der Waals surface area contributed by atoms with Crippen LogP contribution in [0.3, 0.4) is 0 Å². The minimum atomic E-state index is -0.374. The highest BCUT2D eigenvalue weighted by atomic mass is 35.5. The van der Waals surface area contributed by atoms with Crippen LogP contribution in [0.5, 0.6) is 0 Å². The molecular formula is C15H23Cl3N2O. The first-order valence-corrected chi connectivity index (χ1v) is 7.46. The Morgan fingerprint density at radius 1 is 1.33 bits per heavy atom. The lowest BCUT2D eigenvalue weighted by Crippen LogP contribution is -2.52. The summed E-state index contributed by atoms with van der Waals surface area (Å²) in [6, 6.07) is 5.21. The second-order valence-corrected chi connectivity index (χ2v) is 6.65. The Morgan fingerprint density at radius 2 is 1.95 bits per heavy atom. The van der Waals surface area contributed by atoms with Crippen LogP contribution in [-0.2, 0) is 11.2 Å². The molecule has 0 saturated heterocycles. The highest BCUT2D eigenvalue weighted by molar-refractivity contribution is 6.42. The third-order valence-corrected chi connectivity index (χ3v) is 3.84. The fraction of sp³-hybridized carbons (Fsp3) is 0.533. The smallest absolute Gasteiger partial charge is 0.224 e. The summed E-state index contributed by atoms with van der Waals surface area (Å²) in [5.74, 6) is 0.408. The van der Waals surface area contributed by atoms with Crippen molar-refractivity contribution in [1.82, 2.24) is 5.32 Å². The maximum Gasteiger partial charge on any atom is 0.224 e. The van der Waals surface area contributed by atoms with Gasteiger partial charge in [-0.3, -0.25) is 4.79 Å². The highest BCUT2D eigenvalue weighted by Gasteiger charge is 2.25. The molecule has 1 atom stereocenters. The van der Waals surface area contributed by atoms with Crippen LogP contribution in [-0.4, -0.2) is 18.0 Å². The Kier molecular flexibility index (Phi) is 8.64. The molecule has 120 valence electrons. The van der Waals surface area contributed by atoms with Gasteiger partial charge in [-0.05, 0) is 37.0 Å². The molecule has 0 aliphatic heterocycles. The number of benzene rings is 1. The lowest BCUT2D eigenvalue weighted by Gasteiger charge is -2.31. The third kappa shape index (κ3) is 6.88. The number of carbonyl (C=O) groups excluding carboxylic acids is 1. The topological polar surface area (TPSA) is 55.1 Å². The van der Waals surface area contributed by atoms with Gasteiger partial charge in [-0.2, -0.15) is 0 Å². The number of nitrogens with one attached hydrogen (secondary N) is 1. The van der Waals surface area contributed by atoms with E-state index in [1.807, 2.05) is 6.92 Å². The molecule has 1 aromatic carbocycles. The van der Waals surface area contributed by atoms with Gasteiger partial charge in [0.25, 0.3) is 0 Å². The first kappa shape index (κ1) is 20.5. The summed E-state index contributed by atoms with van der Waals surface area (Å²) in [4.78, 5) is 12.1. The van der Waals surface area contributed by atoms with Gasteiger partial charge in [0.05, 0.1) is 16.5 Å². The molecule has 0 fully saturated rings. The van der Waals surface area contributed by atoms with Crippen molar-refractivity contribution in [2.45, 2.75) is 39.2 Å². The molecule has 0 saturated carbocycles. The first-order valence-electron chi connectivity index (χ1n) is 6.71. The predicted octanol–water partition coefficient (Wildman–Crippen LogP) is 3.84. The molecule has 3 N–H and O–H groups in total. The second kappa shape index (κ2) is 8.84. The quantitative estimate of drug-likeness (QED) is 0.816. The van der Waals surface area contributed by atoms with E-state index in [0.717, 1.165) is 12.0 Å². The average Bonchev–Trinajstić information content (AvgIpc) is 2.32. The number of hydrogen-bond acceptors (Lipinski definition) is 2. The predicted molar refractivity (Wildman–Crippen MR) is 92.5 cm³/mol. The zero-order chi connectivity index (χ0) is 15.3. The van der Waals surface area contributed by atoms with E-state index in [1.165, 1.54) is 0 Å². The molecule has 0 spiro atoms. The summed E-state index contributed by atoms with van der Waals surface area (Å²) in [5, 5.41) is 3.96. The maximum atomic E-state index is 12.1. The van der Waals surface area contributed by atoms with E-state index in [4.69, 9.17) is 28.9 Å². The SMILES string of the molecule is CC(C)CC(C)(CN)NC(=O)Cc1ccc(Cl)c(Cl)c1.Cl. The minimum Gasteiger partial charge on any atom is -0.349 e. The fourth-order valence-corrected chi connectivity index (χ4v) is 2.62. The van der Waals surface area contributed by atoms with Crippen LogP contribution in [0.25, 0.3) is 0 Å². The van der Waals surface area contributed by atoms with Crippen LogP contribution in [0, 0.1) is 5.92 Å². The van der Waals surface area contributed by atoms with Crippen LogP contribution in [0.2, 0.25) is 10.0 Å². The normalized spacial score (nSPS) is 13.5. The van der Waals surface area contributed by atoms with Crippen molar-refractivity contribution in [3.8, 4) is 0 Å². The van der Waals surface area contributed by atoms with Gasteiger partial charge >= 0.3 is 0 Å². The van der Waals surface area contributed by atoms with E-state index in [0.29, 0.717) is 22.5 Å². The summed E-state index contributed by atoms with van der Waals surface area (Å²) >= 11 is 11.8. The average molecular weight is 354 g/mol. The van der Waals surface area contributed by atoms with Crippen molar-refractivity contribution in [2.24, 2.45) is 11.7 Å². The van der Waals surface area contributed by atoms with Gasteiger partial charge in [-0.1, -0.05) is 43.1 Å². The monoisotopic (exact) mass is 352 g/mol. The first-order chi connectivity index (χ1) is 9.25. The Balaban J connectivity index is 0.00000400. The third-order valence-electron chi connectivity index (χ3n) is 3.10. The van der Waals surface area contributed by atoms with Crippen LogP contribution in [0.15, 0.2) is 18.2 Å². The molecule has 6 heteroatoms. The Hall–Kier alpha value is -0.480. The number of carbonyl (C=O) groups is 1. The fourth-order valence-electron chi connectivity index (χ4n) is 2.30. The number of rotatable bonds is 6. The summed E-state index contributed by atoms with van der Waals surface area (Å²) in [7, 11) is 0. The van der Waals surface area contributed by atoms with Crippen LogP contribution >= 0.6 is 35.6 Å². The van der Waals surface area contributed by atoms with Crippen molar-refractivity contribution in [3.63, 3.8) is 0 Å². The van der Waals surface area contributed by atoms with Gasteiger partial charge in [0.15, 0.2) is 0 Å². The summed E-state index contributed by atoms with van der Waals surface area (Å²) in [6.07, 6.45) is 1.11. The van der Waals surface area contributed by atoms with Crippen LogP contribution in [0.1, 0.15) is 32.8 Å². The molecule has 0 heterocycles. The molecule has 3 nitrogen and oxygen atoms in total.